The molecule has 5 nitrogen and oxygen atoms in total. The number of piperidine rings is 1. The second kappa shape index (κ2) is 5.41. The third-order valence-electron chi connectivity index (χ3n) is 3.68. The van der Waals surface area contributed by atoms with E-state index in [0.717, 1.165) is 12.8 Å². The van der Waals surface area contributed by atoms with Crippen LogP contribution in [0.1, 0.15) is 23.2 Å². The molecule has 1 fully saturated rings. The second-order valence-corrected chi connectivity index (χ2v) is 5.08. The zero-order valence-electron chi connectivity index (χ0n) is 11.2. The Morgan fingerprint density at radius 2 is 2.10 bits per heavy atom. The van der Waals surface area contributed by atoms with Crippen LogP contribution in [0.3, 0.4) is 0 Å². The van der Waals surface area contributed by atoms with Crippen molar-refractivity contribution in [2.45, 2.75) is 12.8 Å². The number of hydrogen-bond donors (Lipinski definition) is 0. The summed E-state index contributed by atoms with van der Waals surface area (Å²) in [5.41, 5.74) is 0.591. The topological polar surface area (TPSA) is 62.6 Å². The Balaban J connectivity index is 1.78. The quantitative estimate of drug-likeness (QED) is 0.782. The summed E-state index contributed by atoms with van der Waals surface area (Å²) in [5.74, 6) is 1.21. The lowest BCUT2D eigenvalue weighted by molar-refractivity contribution is 0.0697. The molecule has 20 heavy (non-hydrogen) atoms. The molecule has 3 rings (SSSR count). The first-order valence-electron chi connectivity index (χ1n) is 6.86. The number of benzene rings is 1. The number of ether oxygens (including phenoxy) is 2. The molecule has 1 aromatic carbocycles. The fraction of sp³-hybridized carbons (Fsp3) is 0.467. The average Bonchev–Trinajstić information content (AvgIpc) is 2.53. The van der Waals surface area contributed by atoms with Gasteiger partial charge in [0.1, 0.15) is 13.2 Å². The molecular formula is C15H16N2O3. The minimum absolute atomic E-state index is 0.0399. The van der Waals surface area contributed by atoms with Gasteiger partial charge in [-0.25, -0.2) is 0 Å². The van der Waals surface area contributed by atoms with Gasteiger partial charge in [0.05, 0.1) is 12.0 Å². The average molecular weight is 272 g/mol. The second-order valence-electron chi connectivity index (χ2n) is 5.08. The number of likely N-dealkylation sites (tertiary alicyclic amines) is 1. The highest BCUT2D eigenvalue weighted by atomic mass is 16.6. The molecular weight excluding hydrogens is 256 g/mol. The normalized spacial score (nSPS) is 21.1. The van der Waals surface area contributed by atoms with Crippen molar-refractivity contribution in [3.8, 4) is 17.6 Å². The largest absolute Gasteiger partial charge is 0.486 e. The van der Waals surface area contributed by atoms with Gasteiger partial charge < -0.3 is 14.4 Å². The lowest BCUT2D eigenvalue weighted by Gasteiger charge is -2.30. The molecule has 104 valence electrons. The molecule has 2 heterocycles. The van der Waals surface area contributed by atoms with Crippen LogP contribution in [-0.4, -0.2) is 37.1 Å². The number of amides is 1. The van der Waals surface area contributed by atoms with Crippen LogP contribution in [0.5, 0.6) is 11.5 Å². The maximum Gasteiger partial charge on any atom is 0.254 e. The van der Waals surface area contributed by atoms with E-state index in [2.05, 4.69) is 6.07 Å². The summed E-state index contributed by atoms with van der Waals surface area (Å²) in [6, 6.07) is 7.51. The fourth-order valence-electron chi connectivity index (χ4n) is 2.63. The Morgan fingerprint density at radius 3 is 2.90 bits per heavy atom. The Labute approximate surface area is 117 Å². The number of rotatable bonds is 1. The maximum atomic E-state index is 12.5. The Hall–Kier alpha value is -2.22. The van der Waals surface area contributed by atoms with E-state index in [1.807, 2.05) is 0 Å². The van der Waals surface area contributed by atoms with Crippen molar-refractivity contribution in [2.75, 3.05) is 26.3 Å². The van der Waals surface area contributed by atoms with Gasteiger partial charge in [0.25, 0.3) is 5.91 Å². The van der Waals surface area contributed by atoms with Crippen molar-refractivity contribution in [3.05, 3.63) is 23.8 Å². The zero-order valence-corrected chi connectivity index (χ0v) is 11.2. The van der Waals surface area contributed by atoms with Crippen molar-refractivity contribution in [1.29, 1.82) is 5.26 Å². The molecule has 1 unspecified atom stereocenters. The number of carbonyl (C=O) groups is 1. The van der Waals surface area contributed by atoms with Crippen molar-refractivity contribution in [1.82, 2.24) is 4.90 Å². The van der Waals surface area contributed by atoms with Crippen LogP contribution in [0.15, 0.2) is 18.2 Å². The Morgan fingerprint density at radius 1 is 1.30 bits per heavy atom. The molecule has 5 heteroatoms. The van der Waals surface area contributed by atoms with E-state index in [4.69, 9.17) is 14.7 Å². The molecule has 0 N–H and O–H groups in total. The van der Waals surface area contributed by atoms with Gasteiger partial charge in [-0.15, -0.1) is 0 Å². The fourth-order valence-corrected chi connectivity index (χ4v) is 2.63. The highest BCUT2D eigenvalue weighted by Gasteiger charge is 2.25. The van der Waals surface area contributed by atoms with E-state index < -0.39 is 0 Å². The molecule has 2 aliphatic heterocycles. The van der Waals surface area contributed by atoms with E-state index >= 15 is 0 Å². The molecule has 1 saturated heterocycles. The molecule has 0 radical (unpaired) electrons. The SMILES string of the molecule is N#CC1CCCN(C(=O)c2ccc3c(c2)OCCO3)C1. The molecule has 0 saturated carbocycles. The lowest BCUT2D eigenvalue weighted by Crippen LogP contribution is -2.39. The maximum absolute atomic E-state index is 12.5. The lowest BCUT2D eigenvalue weighted by atomic mass is 9.99. The highest BCUT2D eigenvalue weighted by Crippen LogP contribution is 2.31. The van der Waals surface area contributed by atoms with Gasteiger partial charge in [0, 0.05) is 18.7 Å². The summed E-state index contributed by atoms with van der Waals surface area (Å²) < 4.78 is 10.9. The molecule has 1 amide bonds. The van der Waals surface area contributed by atoms with Crippen molar-refractivity contribution in [3.63, 3.8) is 0 Å². The summed E-state index contributed by atoms with van der Waals surface area (Å²) in [5, 5.41) is 8.99. The summed E-state index contributed by atoms with van der Waals surface area (Å²) >= 11 is 0. The van der Waals surface area contributed by atoms with Gasteiger partial charge in [-0.05, 0) is 31.0 Å². The van der Waals surface area contributed by atoms with Crippen molar-refractivity contribution >= 4 is 5.91 Å². The molecule has 0 aliphatic carbocycles. The predicted octanol–water partition coefficient (Wildman–Crippen LogP) is 1.83. The van der Waals surface area contributed by atoms with Gasteiger partial charge in [-0.3, -0.25) is 4.79 Å². The third kappa shape index (κ3) is 2.42. The van der Waals surface area contributed by atoms with Gasteiger partial charge in [-0.1, -0.05) is 0 Å². The van der Waals surface area contributed by atoms with Crippen LogP contribution in [0.25, 0.3) is 0 Å². The molecule has 0 bridgehead atoms. The van der Waals surface area contributed by atoms with Gasteiger partial charge >= 0.3 is 0 Å². The first-order chi connectivity index (χ1) is 9.78. The van der Waals surface area contributed by atoms with Crippen LogP contribution >= 0.6 is 0 Å². The monoisotopic (exact) mass is 272 g/mol. The van der Waals surface area contributed by atoms with Crippen LogP contribution in [0.4, 0.5) is 0 Å². The number of hydrogen-bond acceptors (Lipinski definition) is 4. The van der Waals surface area contributed by atoms with Crippen LogP contribution < -0.4 is 9.47 Å². The van der Waals surface area contributed by atoms with E-state index in [1.165, 1.54) is 0 Å². The molecule has 0 aromatic heterocycles. The minimum Gasteiger partial charge on any atom is -0.486 e. The van der Waals surface area contributed by atoms with E-state index in [9.17, 15) is 4.79 Å². The van der Waals surface area contributed by atoms with Crippen LogP contribution in [0, 0.1) is 17.2 Å². The number of nitriles is 1. The smallest absolute Gasteiger partial charge is 0.254 e. The molecule has 1 atom stereocenters. The number of fused-ring (bicyclic) bond motifs is 1. The van der Waals surface area contributed by atoms with Crippen LogP contribution in [0.2, 0.25) is 0 Å². The summed E-state index contributed by atoms with van der Waals surface area (Å²) in [4.78, 5) is 14.2. The van der Waals surface area contributed by atoms with E-state index in [1.54, 1.807) is 23.1 Å². The number of nitrogens with zero attached hydrogens (tertiary/aromatic N) is 2. The zero-order chi connectivity index (χ0) is 13.9. The van der Waals surface area contributed by atoms with Crippen molar-refractivity contribution < 1.29 is 14.3 Å². The summed E-state index contributed by atoms with van der Waals surface area (Å²) in [6.07, 6.45) is 1.76. The van der Waals surface area contributed by atoms with Crippen LogP contribution in [-0.2, 0) is 0 Å². The number of carbonyl (C=O) groups excluding carboxylic acids is 1. The van der Waals surface area contributed by atoms with Gasteiger partial charge in [-0.2, -0.15) is 5.26 Å². The Bertz CT molecular complexity index is 565. The predicted molar refractivity (Wildman–Crippen MR) is 71.7 cm³/mol. The molecule has 2 aliphatic rings. The summed E-state index contributed by atoms with van der Waals surface area (Å²) in [7, 11) is 0. The molecule has 0 spiro atoms. The summed E-state index contributed by atoms with van der Waals surface area (Å²) in [6.45, 7) is 2.27. The van der Waals surface area contributed by atoms with Crippen molar-refractivity contribution in [2.24, 2.45) is 5.92 Å². The van der Waals surface area contributed by atoms with Gasteiger partial charge in [0.2, 0.25) is 0 Å². The third-order valence-corrected chi connectivity index (χ3v) is 3.68. The van der Waals surface area contributed by atoms with E-state index in [0.29, 0.717) is 43.4 Å². The first kappa shape index (κ1) is 12.8. The molecule has 1 aromatic rings. The first-order valence-corrected chi connectivity index (χ1v) is 6.86. The minimum atomic E-state index is -0.0510. The standard InChI is InChI=1S/C15H16N2O3/c16-9-11-2-1-5-17(10-11)15(18)12-3-4-13-14(8-12)20-7-6-19-13/h3-4,8,11H,1-2,5-7,10H2. The highest BCUT2D eigenvalue weighted by molar-refractivity contribution is 5.95. The van der Waals surface area contributed by atoms with Gasteiger partial charge in [0.15, 0.2) is 11.5 Å². The van der Waals surface area contributed by atoms with E-state index in [-0.39, 0.29) is 11.8 Å². The Kier molecular flexibility index (Phi) is 3.46.